The first-order chi connectivity index (χ1) is 9.27. The Morgan fingerprint density at radius 1 is 1.35 bits per heavy atom. The summed E-state index contributed by atoms with van der Waals surface area (Å²) in [6.45, 7) is 9.19. The van der Waals surface area contributed by atoms with Crippen LogP contribution in [-0.2, 0) is 0 Å². The summed E-state index contributed by atoms with van der Waals surface area (Å²) in [4.78, 5) is 2.26. The molecule has 1 aromatic carbocycles. The Morgan fingerprint density at radius 2 is 2.00 bits per heavy atom. The van der Waals surface area contributed by atoms with Gasteiger partial charge in [-0.05, 0) is 38.3 Å². The normalized spacial score (nSPS) is 12.6. The number of hydrogen-bond acceptors (Lipinski definition) is 3. The van der Waals surface area contributed by atoms with Crippen molar-refractivity contribution in [1.82, 2.24) is 0 Å². The van der Waals surface area contributed by atoms with Crippen molar-refractivity contribution in [1.29, 1.82) is 0 Å². The number of anilines is 1. The van der Waals surface area contributed by atoms with E-state index in [-0.39, 0.29) is 5.41 Å². The lowest BCUT2D eigenvalue weighted by atomic mass is 9.86. The highest BCUT2D eigenvalue weighted by atomic mass is 16.4. The van der Waals surface area contributed by atoms with E-state index in [4.69, 9.17) is 10.9 Å². The fourth-order valence-electron chi connectivity index (χ4n) is 2.38. The molecule has 3 N–H and O–H groups in total. The third-order valence-corrected chi connectivity index (χ3v) is 3.86. The summed E-state index contributed by atoms with van der Waals surface area (Å²) in [6.07, 6.45) is 1.88. The molecule has 112 valence electrons. The van der Waals surface area contributed by atoms with E-state index in [2.05, 4.69) is 49.1 Å². The Labute approximate surface area is 122 Å². The topological polar surface area (TPSA) is 61.8 Å². The van der Waals surface area contributed by atoms with Crippen molar-refractivity contribution in [2.45, 2.75) is 40.5 Å². The van der Waals surface area contributed by atoms with Gasteiger partial charge in [0.15, 0.2) is 0 Å². The number of amidine groups is 1. The molecule has 0 amide bonds. The minimum absolute atomic E-state index is 0.266. The van der Waals surface area contributed by atoms with E-state index >= 15 is 0 Å². The maximum Gasteiger partial charge on any atom is 0.144 e. The second-order valence-electron chi connectivity index (χ2n) is 6.18. The van der Waals surface area contributed by atoms with Crippen LogP contribution in [0.25, 0.3) is 0 Å². The molecule has 1 rings (SSSR count). The molecule has 0 radical (unpaired) electrons. The molecule has 0 fully saturated rings. The molecule has 0 aromatic heterocycles. The molecule has 20 heavy (non-hydrogen) atoms. The van der Waals surface area contributed by atoms with Crippen LogP contribution in [0.4, 0.5) is 5.69 Å². The average Bonchev–Trinajstić information content (AvgIpc) is 2.37. The first-order valence-electron chi connectivity index (χ1n) is 7.04. The van der Waals surface area contributed by atoms with Crippen LogP contribution < -0.4 is 10.6 Å². The van der Waals surface area contributed by atoms with Gasteiger partial charge in [-0.25, -0.2) is 0 Å². The van der Waals surface area contributed by atoms with Gasteiger partial charge >= 0.3 is 0 Å². The number of nitrogens with two attached hydrogens (primary N) is 1. The second-order valence-corrected chi connectivity index (χ2v) is 6.18. The number of oxime groups is 1. The van der Waals surface area contributed by atoms with Crippen molar-refractivity contribution in [3.8, 4) is 0 Å². The van der Waals surface area contributed by atoms with Crippen LogP contribution in [0.3, 0.4) is 0 Å². The summed E-state index contributed by atoms with van der Waals surface area (Å²) in [6, 6.07) is 6.50. The Kier molecular flexibility index (Phi) is 5.43. The third-order valence-electron chi connectivity index (χ3n) is 3.86. The maximum atomic E-state index is 8.77. The Bertz CT molecular complexity index is 481. The molecule has 4 nitrogen and oxygen atoms in total. The van der Waals surface area contributed by atoms with E-state index in [1.807, 2.05) is 13.8 Å². The van der Waals surface area contributed by atoms with Crippen LogP contribution in [0, 0.1) is 19.3 Å². The molecule has 0 heterocycles. The molecular weight excluding hydrogens is 250 g/mol. The fourth-order valence-corrected chi connectivity index (χ4v) is 2.38. The highest BCUT2D eigenvalue weighted by Crippen LogP contribution is 2.24. The van der Waals surface area contributed by atoms with Gasteiger partial charge in [0.05, 0.1) is 0 Å². The summed E-state index contributed by atoms with van der Waals surface area (Å²) in [5.41, 5.74) is 9.28. The molecule has 0 aliphatic carbocycles. The van der Waals surface area contributed by atoms with Crippen molar-refractivity contribution in [3.63, 3.8) is 0 Å². The van der Waals surface area contributed by atoms with Crippen LogP contribution in [0.2, 0.25) is 0 Å². The van der Waals surface area contributed by atoms with E-state index in [1.54, 1.807) is 0 Å². The van der Waals surface area contributed by atoms with Crippen LogP contribution in [-0.4, -0.2) is 24.6 Å². The van der Waals surface area contributed by atoms with E-state index < -0.39 is 0 Å². The zero-order valence-corrected chi connectivity index (χ0v) is 13.3. The maximum absolute atomic E-state index is 8.77. The molecule has 0 bridgehead atoms. The number of nitrogens with zero attached hydrogens (tertiary/aromatic N) is 2. The van der Waals surface area contributed by atoms with Gasteiger partial charge in [0, 0.05) is 24.7 Å². The second kappa shape index (κ2) is 6.64. The zero-order chi connectivity index (χ0) is 15.3. The molecule has 0 unspecified atom stereocenters. The summed E-state index contributed by atoms with van der Waals surface area (Å²) >= 11 is 0. The fraction of sp³-hybridized carbons (Fsp3) is 0.562. The summed E-state index contributed by atoms with van der Waals surface area (Å²) < 4.78 is 0. The average molecular weight is 277 g/mol. The number of rotatable bonds is 6. The van der Waals surface area contributed by atoms with Gasteiger partial charge in [-0.15, -0.1) is 0 Å². The SMILES string of the molecule is Cc1ccc(N(C)CCCC(C)(C)C(N)=NO)c(C)c1. The third kappa shape index (κ3) is 4.15. The predicted octanol–water partition coefficient (Wildman–Crippen LogP) is 3.29. The van der Waals surface area contributed by atoms with Gasteiger partial charge in [-0.1, -0.05) is 36.7 Å². The van der Waals surface area contributed by atoms with Gasteiger partial charge in [-0.3, -0.25) is 0 Å². The molecule has 1 aromatic rings. The van der Waals surface area contributed by atoms with Crippen LogP contribution in [0.15, 0.2) is 23.4 Å². The molecular formula is C16H27N3O. The minimum Gasteiger partial charge on any atom is -0.409 e. The number of benzene rings is 1. The van der Waals surface area contributed by atoms with Crippen LogP contribution >= 0.6 is 0 Å². The van der Waals surface area contributed by atoms with E-state index in [1.165, 1.54) is 16.8 Å². The molecule has 0 atom stereocenters. The van der Waals surface area contributed by atoms with Gasteiger partial charge in [0.2, 0.25) is 0 Å². The first-order valence-corrected chi connectivity index (χ1v) is 7.04. The minimum atomic E-state index is -0.266. The Balaban J connectivity index is 2.58. The highest BCUT2D eigenvalue weighted by molar-refractivity contribution is 5.85. The molecule has 4 heteroatoms. The summed E-state index contributed by atoms with van der Waals surface area (Å²) in [5, 5.41) is 11.9. The predicted molar refractivity (Wildman–Crippen MR) is 85.6 cm³/mol. The highest BCUT2D eigenvalue weighted by Gasteiger charge is 2.23. The van der Waals surface area contributed by atoms with Crippen molar-refractivity contribution in [3.05, 3.63) is 29.3 Å². The monoisotopic (exact) mass is 277 g/mol. The smallest absolute Gasteiger partial charge is 0.144 e. The lowest BCUT2D eigenvalue weighted by Crippen LogP contribution is -2.33. The van der Waals surface area contributed by atoms with E-state index in [0.29, 0.717) is 5.84 Å². The van der Waals surface area contributed by atoms with Gasteiger partial charge in [0.25, 0.3) is 0 Å². The van der Waals surface area contributed by atoms with Gasteiger partial charge < -0.3 is 15.8 Å². The standard InChI is InChI=1S/C16H27N3O/c1-12-7-8-14(13(2)11-12)19(5)10-6-9-16(3,4)15(17)18-20/h7-8,11,20H,6,9-10H2,1-5H3,(H2,17,18). The lowest BCUT2D eigenvalue weighted by Gasteiger charge is -2.26. The largest absolute Gasteiger partial charge is 0.409 e. The Hall–Kier alpha value is -1.71. The van der Waals surface area contributed by atoms with Gasteiger partial charge in [-0.2, -0.15) is 0 Å². The molecule has 0 saturated carbocycles. The van der Waals surface area contributed by atoms with Gasteiger partial charge in [0.1, 0.15) is 5.84 Å². The van der Waals surface area contributed by atoms with Crippen LogP contribution in [0.5, 0.6) is 0 Å². The van der Waals surface area contributed by atoms with E-state index in [9.17, 15) is 0 Å². The molecule has 0 aliphatic heterocycles. The number of hydrogen-bond donors (Lipinski definition) is 2. The zero-order valence-electron chi connectivity index (χ0n) is 13.3. The first kappa shape index (κ1) is 16.3. The molecule has 0 aliphatic rings. The van der Waals surface area contributed by atoms with Crippen molar-refractivity contribution in [2.24, 2.45) is 16.3 Å². The summed E-state index contributed by atoms with van der Waals surface area (Å²) in [7, 11) is 2.11. The van der Waals surface area contributed by atoms with Crippen LogP contribution in [0.1, 0.15) is 37.8 Å². The number of aryl methyl sites for hydroxylation is 2. The van der Waals surface area contributed by atoms with Crippen molar-refractivity contribution < 1.29 is 5.21 Å². The van der Waals surface area contributed by atoms with Crippen molar-refractivity contribution in [2.75, 3.05) is 18.5 Å². The van der Waals surface area contributed by atoms with E-state index in [0.717, 1.165) is 19.4 Å². The molecule has 0 saturated heterocycles. The lowest BCUT2D eigenvalue weighted by molar-refractivity contribution is 0.305. The molecule has 0 spiro atoms. The summed E-state index contributed by atoms with van der Waals surface area (Å²) in [5.74, 6) is 0.298. The Morgan fingerprint density at radius 3 is 2.55 bits per heavy atom. The quantitative estimate of drug-likeness (QED) is 0.363. The van der Waals surface area contributed by atoms with Crippen molar-refractivity contribution >= 4 is 11.5 Å².